The number of rotatable bonds is 3. The molecule has 0 amide bonds. The molecule has 1 aromatic heterocycles. The molecule has 5 nitrogen and oxygen atoms in total. The highest BCUT2D eigenvalue weighted by Gasteiger charge is 2.18. The van der Waals surface area contributed by atoms with Crippen LogP contribution in [-0.4, -0.2) is 6.79 Å². The van der Waals surface area contributed by atoms with Crippen LogP contribution in [0.5, 0.6) is 11.5 Å². The van der Waals surface area contributed by atoms with Gasteiger partial charge in [0.25, 0.3) is 0 Å². The summed E-state index contributed by atoms with van der Waals surface area (Å²) in [7, 11) is 0. The Morgan fingerprint density at radius 3 is 3.00 bits per heavy atom. The van der Waals surface area contributed by atoms with E-state index in [1.54, 1.807) is 12.1 Å². The van der Waals surface area contributed by atoms with Crippen molar-refractivity contribution in [2.45, 2.75) is 20.1 Å². The number of hydrogen-bond donors (Lipinski definition) is 0. The Labute approximate surface area is 162 Å². The smallest absolute Gasteiger partial charge is 0.211 e. The fourth-order valence-electron chi connectivity index (χ4n) is 2.97. The molecule has 2 heterocycles. The Morgan fingerprint density at radius 1 is 1.31 bits per heavy atom. The van der Waals surface area contributed by atoms with Gasteiger partial charge in [0, 0.05) is 21.2 Å². The lowest BCUT2D eigenvalue weighted by atomic mass is 10.1. The van der Waals surface area contributed by atoms with Crippen molar-refractivity contribution >= 4 is 38.5 Å². The van der Waals surface area contributed by atoms with Crippen LogP contribution in [0.4, 0.5) is 0 Å². The third kappa shape index (κ3) is 3.09. The fraction of sp³-hybridized carbons (Fsp3) is 0.211. The van der Waals surface area contributed by atoms with E-state index in [0.29, 0.717) is 29.9 Å². The third-order valence-corrected chi connectivity index (χ3v) is 4.95. The molecule has 0 atom stereocenters. The Hall–Kier alpha value is -2.02. The molecular formula is C19H14BrClO5. The minimum Gasteiger partial charge on any atom is -0.488 e. The number of ether oxygens (including phenoxy) is 3. The maximum atomic E-state index is 12.1. The molecule has 0 unspecified atom stereocenters. The molecule has 0 aliphatic carbocycles. The van der Waals surface area contributed by atoms with Crippen molar-refractivity contribution in [3.63, 3.8) is 0 Å². The van der Waals surface area contributed by atoms with E-state index >= 15 is 0 Å². The van der Waals surface area contributed by atoms with Gasteiger partial charge in [-0.3, -0.25) is 4.79 Å². The van der Waals surface area contributed by atoms with Crippen LogP contribution in [0, 0.1) is 6.92 Å². The maximum Gasteiger partial charge on any atom is 0.211 e. The monoisotopic (exact) mass is 436 g/mol. The first-order valence-corrected chi connectivity index (χ1v) is 9.07. The Balaban J connectivity index is 1.67. The fourth-order valence-corrected chi connectivity index (χ4v) is 3.67. The van der Waals surface area contributed by atoms with E-state index in [0.717, 1.165) is 26.9 Å². The Kier molecular flexibility index (Phi) is 4.65. The zero-order valence-electron chi connectivity index (χ0n) is 13.8. The Bertz CT molecular complexity index is 1060. The summed E-state index contributed by atoms with van der Waals surface area (Å²) in [6, 6.07) is 7.34. The van der Waals surface area contributed by atoms with Crippen LogP contribution >= 0.6 is 27.5 Å². The summed E-state index contributed by atoms with van der Waals surface area (Å²) in [6.07, 6.45) is 1.25. The van der Waals surface area contributed by atoms with Crippen molar-refractivity contribution in [1.82, 2.24) is 0 Å². The van der Waals surface area contributed by atoms with E-state index in [9.17, 15) is 4.79 Å². The lowest BCUT2D eigenvalue weighted by Gasteiger charge is -2.21. The predicted octanol–water partition coefficient (Wildman–Crippen LogP) is 4.96. The van der Waals surface area contributed by atoms with Crippen LogP contribution in [0.2, 0.25) is 5.02 Å². The minimum absolute atomic E-state index is 0.0608. The summed E-state index contributed by atoms with van der Waals surface area (Å²) in [5.41, 5.74) is 2.84. The number of halogens is 2. The first-order chi connectivity index (χ1) is 12.5. The molecule has 1 aliphatic heterocycles. The summed E-state index contributed by atoms with van der Waals surface area (Å²) in [5, 5.41) is 0.494. The van der Waals surface area contributed by atoms with Gasteiger partial charge in [-0.1, -0.05) is 27.5 Å². The molecule has 7 heteroatoms. The van der Waals surface area contributed by atoms with E-state index in [1.807, 2.05) is 19.1 Å². The van der Waals surface area contributed by atoms with E-state index in [-0.39, 0.29) is 17.2 Å². The lowest BCUT2D eigenvalue weighted by molar-refractivity contribution is -0.0176. The largest absolute Gasteiger partial charge is 0.488 e. The first-order valence-electron chi connectivity index (χ1n) is 7.90. The van der Waals surface area contributed by atoms with E-state index < -0.39 is 0 Å². The van der Waals surface area contributed by atoms with Gasteiger partial charge in [0.05, 0.1) is 12.0 Å². The highest BCUT2D eigenvalue weighted by Crippen LogP contribution is 2.33. The molecule has 2 aromatic carbocycles. The molecule has 1 aliphatic rings. The lowest BCUT2D eigenvalue weighted by Crippen LogP contribution is -2.14. The van der Waals surface area contributed by atoms with Crippen molar-refractivity contribution in [3.8, 4) is 11.5 Å². The van der Waals surface area contributed by atoms with Crippen LogP contribution in [-0.2, 0) is 18.0 Å². The summed E-state index contributed by atoms with van der Waals surface area (Å²) < 4.78 is 23.4. The van der Waals surface area contributed by atoms with Crippen molar-refractivity contribution in [2.24, 2.45) is 0 Å². The van der Waals surface area contributed by atoms with Crippen LogP contribution in [0.15, 0.2) is 44.2 Å². The molecule has 0 saturated carbocycles. The number of hydrogen-bond acceptors (Lipinski definition) is 5. The summed E-state index contributed by atoms with van der Waals surface area (Å²) in [6.45, 7) is 2.88. The van der Waals surface area contributed by atoms with Crippen LogP contribution in [0.3, 0.4) is 0 Å². The van der Waals surface area contributed by atoms with Gasteiger partial charge in [0.2, 0.25) is 5.43 Å². The highest BCUT2D eigenvalue weighted by molar-refractivity contribution is 9.10. The second-order valence-corrected chi connectivity index (χ2v) is 7.25. The van der Waals surface area contributed by atoms with Crippen molar-refractivity contribution in [3.05, 3.63) is 66.9 Å². The summed E-state index contributed by atoms with van der Waals surface area (Å²) in [4.78, 5) is 12.1. The van der Waals surface area contributed by atoms with Crippen LogP contribution in [0.1, 0.15) is 16.7 Å². The highest BCUT2D eigenvalue weighted by atomic mass is 79.9. The third-order valence-electron chi connectivity index (χ3n) is 4.23. The molecule has 0 fully saturated rings. The molecule has 26 heavy (non-hydrogen) atoms. The molecule has 0 spiro atoms. The maximum absolute atomic E-state index is 12.1. The second-order valence-electron chi connectivity index (χ2n) is 5.93. The summed E-state index contributed by atoms with van der Waals surface area (Å²) in [5.74, 6) is 1.42. The van der Waals surface area contributed by atoms with Crippen molar-refractivity contribution < 1.29 is 18.6 Å². The molecule has 134 valence electrons. The van der Waals surface area contributed by atoms with Gasteiger partial charge in [-0.05, 0) is 31.2 Å². The molecule has 4 rings (SSSR count). The second kappa shape index (κ2) is 6.95. The quantitative estimate of drug-likeness (QED) is 0.579. The SMILES string of the molecule is Cc1c(OCc2cc(Br)cc3c2OCOC3)ccc2c(=O)c(Cl)coc12. The number of fused-ring (bicyclic) bond motifs is 2. The molecule has 0 bridgehead atoms. The van der Waals surface area contributed by atoms with Gasteiger partial charge in [0.15, 0.2) is 6.79 Å². The molecule has 0 radical (unpaired) electrons. The molecular weight excluding hydrogens is 424 g/mol. The van der Waals surface area contributed by atoms with Crippen LogP contribution < -0.4 is 14.9 Å². The minimum atomic E-state index is -0.253. The van der Waals surface area contributed by atoms with Gasteiger partial charge < -0.3 is 18.6 Å². The van der Waals surface area contributed by atoms with Gasteiger partial charge in [-0.25, -0.2) is 0 Å². The molecule has 3 aromatic rings. The molecule has 0 saturated heterocycles. The van der Waals surface area contributed by atoms with E-state index in [4.69, 9.17) is 30.2 Å². The first kappa shape index (κ1) is 17.4. The average molecular weight is 438 g/mol. The average Bonchev–Trinajstić information content (AvgIpc) is 2.64. The zero-order chi connectivity index (χ0) is 18.3. The van der Waals surface area contributed by atoms with Gasteiger partial charge in [-0.2, -0.15) is 0 Å². The normalized spacial score (nSPS) is 13.3. The number of benzene rings is 2. The summed E-state index contributed by atoms with van der Waals surface area (Å²) >= 11 is 9.34. The Morgan fingerprint density at radius 2 is 2.15 bits per heavy atom. The number of aryl methyl sites for hydroxylation is 1. The van der Waals surface area contributed by atoms with Gasteiger partial charge >= 0.3 is 0 Å². The van der Waals surface area contributed by atoms with Crippen LogP contribution in [0.25, 0.3) is 11.0 Å². The van der Waals surface area contributed by atoms with Crippen molar-refractivity contribution in [1.29, 1.82) is 0 Å². The molecule has 0 N–H and O–H groups in total. The predicted molar refractivity (Wildman–Crippen MR) is 101 cm³/mol. The van der Waals surface area contributed by atoms with E-state index in [1.165, 1.54) is 6.26 Å². The van der Waals surface area contributed by atoms with E-state index in [2.05, 4.69) is 15.9 Å². The zero-order valence-corrected chi connectivity index (χ0v) is 16.1. The van der Waals surface area contributed by atoms with Gasteiger partial charge in [-0.15, -0.1) is 0 Å². The van der Waals surface area contributed by atoms with Gasteiger partial charge in [0.1, 0.15) is 35.0 Å². The standard InChI is InChI=1S/C19H14BrClO5/c1-10-16(3-2-14-17(22)15(21)8-25-18(10)14)24-7-12-5-13(20)4-11-6-23-9-26-19(11)12/h2-5,8H,6-7,9H2,1H3. The van der Waals surface area contributed by atoms with Crippen molar-refractivity contribution in [2.75, 3.05) is 6.79 Å². The topological polar surface area (TPSA) is 57.9 Å².